The van der Waals surface area contributed by atoms with Crippen LogP contribution >= 0.6 is 0 Å². The van der Waals surface area contributed by atoms with Crippen LogP contribution in [0.4, 0.5) is 19.0 Å². The number of aryl methyl sites for hydroxylation is 1. The number of hydrogen-bond acceptors (Lipinski definition) is 4. The summed E-state index contributed by atoms with van der Waals surface area (Å²) >= 11 is 0. The molecule has 0 fully saturated rings. The van der Waals surface area contributed by atoms with Crippen LogP contribution in [0.15, 0.2) is 42.7 Å². The largest absolute Gasteiger partial charge is 0.409 e. The third kappa shape index (κ3) is 4.06. The number of nitrogens with zero attached hydrogens (tertiary/aromatic N) is 2. The number of halogens is 3. The molecule has 1 amide bonds. The third-order valence-electron chi connectivity index (χ3n) is 4.14. The Morgan fingerprint density at radius 3 is 2.48 bits per heavy atom. The molecule has 3 aromatic rings. The lowest BCUT2D eigenvalue weighted by molar-refractivity contribution is -0.150. The van der Waals surface area contributed by atoms with Crippen LogP contribution in [0.5, 0.6) is 0 Å². The highest BCUT2D eigenvalue weighted by atomic mass is 19.4. The van der Waals surface area contributed by atoms with Gasteiger partial charge in [0.25, 0.3) is 0 Å². The minimum absolute atomic E-state index is 0.211. The number of rotatable bonds is 3. The van der Waals surface area contributed by atoms with Crippen molar-refractivity contribution in [1.82, 2.24) is 9.97 Å². The average Bonchev–Trinajstić information content (AvgIpc) is 2.59. The maximum absolute atomic E-state index is 12.8. The smallest absolute Gasteiger partial charge is 0.315 e. The molecule has 5 nitrogen and oxygen atoms in total. The standard InChI is InChI=1S/C19H17F3N4O/c1-10-5-16(18(23)19(20,21)22)24-9-15(10)13-4-3-12-7-17(26-11(2)27)25-8-14(12)6-13/h3-9,18H,23H2,1-2H3,(H,25,26,27)/t18-/m0/s1. The lowest BCUT2D eigenvalue weighted by Crippen LogP contribution is -2.29. The molecular formula is C19H17F3N4O. The molecule has 0 bridgehead atoms. The molecule has 0 aliphatic heterocycles. The van der Waals surface area contributed by atoms with Crippen LogP contribution < -0.4 is 11.1 Å². The quantitative estimate of drug-likeness (QED) is 0.722. The topological polar surface area (TPSA) is 80.9 Å². The number of carbonyl (C=O) groups is 1. The molecule has 0 saturated heterocycles. The zero-order valence-corrected chi connectivity index (χ0v) is 14.6. The van der Waals surface area contributed by atoms with Crippen molar-refractivity contribution in [1.29, 1.82) is 0 Å². The summed E-state index contributed by atoms with van der Waals surface area (Å²) in [5.41, 5.74) is 7.16. The number of benzene rings is 1. The Labute approximate surface area is 153 Å². The van der Waals surface area contributed by atoms with Crippen molar-refractivity contribution in [2.75, 3.05) is 5.32 Å². The first-order valence-corrected chi connectivity index (χ1v) is 8.12. The van der Waals surface area contributed by atoms with Gasteiger partial charge in [0.1, 0.15) is 11.9 Å². The second-order valence-electron chi connectivity index (χ2n) is 6.26. The number of pyridine rings is 2. The molecule has 3 N–H and O–H groups in total. The van der Waals surface area contributed by atoms with E-state index in [0.29, 0.717) is 16.9 Å². The summed E-state index contributed by atoms with van der Waals surface area (Å²) in [6.07, 6.45) is -1.52. The molecule has 1 aromatic carbocycles. The van der Waals surface area contributed by atoms with Gasteiger partial charge in [-0.1, -0.05) is 12.1 Å². The van der Waals surface area contributed by atoms with Crippen molar-refractivity contribution in [3.8, 4) is 11.1 Å². The van der Waals surface area contributed by atoms with Crippen molar-refractivity contribution in [2.24, 2.45) is 5.73 Å². The van der Waals surface area contributed by atoms with Crippen LogP contribution in [0.2, 0.25) is 0 Å². The number of hydrogen-bond donors (Lipinski definition) is 2. The van der Waals surface area contributed by atoms with Crippen molar-refractivity contribution < 1.29 is 18.0 Å². The fourth-order valence-electron chi connectivity index (χ4n) is 2.78. The summed E-state index contributed by atoms with van der Waals surface area (Å²) in [4.78, 5) is 19.2. The number of amides is 1. The molecule has 2 heterocycles. The SMILES string of the molecule is CC(=O)Nc1cc2ccc(-c3cnc([C@H](N)C(F)(F)F)cc3C)cc2cn1. The van der Waals surface area contributed by atoms with E-state index in [1.54, 1.807) is 19.2 Å². The lowest BCUT2D eigenvalue weighted by Gasteiger charge is -2.16. The van der Waals surface area contributed by atoms with Gasteiger partial charge in [-0.05, 0) is 41.6 Å². The molecule has 0 unspecified atom stereocenters. The van der Waals surface area contributed by atoms with Crippen molar-refractivity contribution in [3.63, 3.8) is 0 Å². The van der Waals surface area contributed by atoms with Crippen LogP contribution in [0.3, 0.4) is 0 Å². The zero-order chi connectivity index (χ0) is 19.8. The Morgan fingerprint density at radius 1 is 1.11 bits per heavy atom. The molecule has 3 rings (SSSR count). The summed E-state index contributed by atoms with van der Waals surface area (Å²) in [5, 5.41) is 4.32. The van der Waals surface area contributed by atoms with E-state index < -0.39 is 12.2 Å². The summed E-state index contributed by atoms with van der Waals surface area (Å²) in [5.74, 6) is 0.239. The second-order valence-corrected chi connectivity index (χ2v) is 6.26. The number of anilines is 1. The highest BCUT2D eigenvalue weighted by Gasteiger charge is 2.38. The predicted octanol–water partition coefficient (Wildman–Crippen LogP) is 4.13. The Bertz CT molecular complexity index is 1020. The summed E-state index contributed by atoms with van der Waals surface area (Å²) in [6.45, 7) is 3.12. The van der Waals surface area contributed by atoms with Crippen molar-refractivity contribution >= 4 is 22.5 Å². The molecule has 0 saturated carbocycles. The molecule has 0 aliphatic carbocycles. The van der Waals surface area contributed by atoms with E-state index in [2.05, 4.69) is 15.3 Å². The Balaban J connectivity index is 1.96. The van der Waals surface area contributed by atoms with Gasteiger partial charge in [0, 0.05) is 30.3 Å². The number of carbonyl (C=O) groups excluding carboxylic acids is 1. The van der Waals surface area contributed by atoms with Crippen LogP contribution in [-0.2, 0) is 4.79 Å². The average molecular weight is 374 g/mol. The first-order chi connectivity index (χ1) is 12.6. The van der Waals surface area contributed by atoms with E-state index in [1.807, 2.05) is 18.2 Å². The number of aromatic nitrogens is 2. The normalized spacial score (nSPS) is 12.8. The van der Waals surface area contributed by atoms with E-state index in [9.17, 15) is 18.0 Å². The van der Waals surface area contributed by atoms with E-state index in [0.717, 1.165) is 16.3 Å². The Morgan fingerprint density at radius 2 is 1.85 bits per heavy atom. The first kappa shape index (κ1) is 18.8. The van der Waals surface area contributed by atoms with Crippen molar-refractivity contribution in [3.05, 3.63) is 54.0 Å². The second kappa shape index (κ2) is 6.96. The number of nitrogens with one attached hydrogen (secondary N) is 1. The third-order valence-corrected chi connectivity index (χ3v) is 4.14. The minimum atomic E-state index is -4.54. The summed E-state index contributed by atoms with van der Waals surface area (Å²) in [6, 6.07) is 6.55. The van der Waals surface area contributed by atoms with Crippen LogP contribution in [-0.4, -0.2) is 22.1 Å². The van der Waals surface area contributed by atoms with E-state index in [-0.39, 0.29) is 11.6 Å². The number of nitrogens with two attached hydrogens (primary N) is 1. The summed E-state index contributed by atoms with van der Waals surface area (Å²) in [7, 11) is 0. The van der Waals surface area contributed by atoms with Gasteiger partial charge in [-0.3, -0.25) is 9.78 Å². The van der Waals surface area contributed by atoms with Gasteiger partial charge in [-0.25, -0.2) is 4.98 Å². The fraction of sp³-hybridized carbons (Fsp3) is 0.211. The monoisotopic (exact) mass is 374 g/mol. The minimum Gasteiger partial charge on any atom is -0.315 e. The van der Waals surface area contributed by atoms with Gasteiger partial charge in [0.2, 0.25) is 5.91 Å². The Hall–Kier alpha value is -3.00. The Kier molecular flexibility index (Phi) is 4.84. The molecule has 27 heavy (non-hydrogen) atoms. The van der Waals surface area contributed by atoms with Gasteiger partial charge in [0.05, 0.1) is 5.69 Å². The fourth-order valence-corrected chi connectivity index (χ4v) is 2.78. The molecule has 2 aromatic heterocycles. The first-order valence-electron chi connectivity index (χ1n) is 8.12. The molecule has 0 spiro atoms. The maximum Gasteiger partial charge on any atom is 0.409 e. The molecule has 0 aliphatic rings. The molecule has 8 heteroatoms. The van der Waals surface area contributed by atoms with Crippen molar-refractivity contribution in [2.45, 2.75) is 26.1 Å². The number of alkyl halides is 3. The number of fused-ring (bicyclic) bond motifs is 1. The van der Waals surface area contributed by atoms with Gasteiger partial charge in [-0.2, -0.15) is 13.2 Å². The van der Waals surface area contributed by atoms with Gasteiger partial charge < -0.3 is 11.1 Å². The summed E-state index contributed by atoms with van der Waals surface area (Å²) < 4.78 is 38.3. The molecule has 140 valence electrons. The van der Waals surface area contributed by atoms with Crippen LogP contribution in [0, 0.1) is 6.92 Å². The highest BCUT2D eigenvalue weighted by molar-refractivity contribution is 5.92. The van der Waals surface area contributed by atoms with Gasteiger partial charge in [0.15, 0.2) is 0 Å². The van der Waals surface area contributed by atoms with Crippen LogP contribution in [0.25, 0.3) is 21.9 Å². The van der Waals surface area contributed by atoms with E-state index in [4.69, 9.17) is 5.73 Å². The molecule has 1 atom stereocenters. The van der Waals surface area contributed by atoms with Crippen LogP contribution in [0.1, 0.15) is 24.2 Å². The predicted molar refractivity (Wildman–Crippen MR) is 97.0 cm³/mol. The molecule has 0 radical (unpaired) electrons. The van der Waals surface area contributed by atoms with E-state index >= 15 is 0 Å². The highest BCUT2D eigenvalue weighted by Crippen LogP contribution is 2.32. The van der Waals surface area contributed by atoms with E-state index in [1.165, 1.54) is 19.2 Å². The molecular weight excluding hydrogens is 357 g/mol. The lowest BCUT2D eigenvalue weighted by atomic mass is 9.99. The van der Waals surface area contributed by atoms with Gasteiger partial charge >= 0.3 is 6.18 Å². The zero-order valence-electron chi connectivity index (χ0n) is 14.6. The van der Waals surface area contributed by atoms with Gasteiger partial charge in [-0.15, -0.1) is 0 Å². The maximum atomic E-state index is 12.8.